The number of hydrogen-bond acceptors (Lipinski definition) is 3. The van der Waals surface area contributed by atoms with E-state index in [1.165, 1.54) is 0 Å². The van der Waals surface area contributed by atoms with E-state index in [1.807, 2.05) is 20.8 Å². The summed E-state index contributed by atoms with van der Waals surface area (Å²) in [4.78, 5) is 28.3. The summed E-state index contributed by atoms with van der Waals surface area (Å²) in [6, 6.07) is 0. The molecule has 1 heterocycles. The number of imide groups is 1. The van der Waals surface area contributed by atoms with Crippen molar-refractivity contribution in [2.45, 2.75) is 106 Å². The van der Waals surface area contributed by atoms with Crippen molar-refractivity contribution in [3.8, 4) is 0 Å². The maximum Gasteiger partial charge on any atom is 0.233 e. The minimum Gasteiger partial charge on any atom is -0.488 e. The zero-order valence-electron chi connectivity index (χ0n) is 21.0. The molecule has 2 rings (SSSR count). The maximum atomic E-state index is 13.6. The molecule has 1 aliphatic heterocycles. The molecule has 0 aromatic rings. The van der Waals surface area contributed by atoms with E-state index in [4.69, 9.17) is 4.74 Å². The standard InChI is InChI=1S/C26H43NO3/c1-13-22(5,6)24(9,10)23(7,8)19-14-20(28)27(21(19)29)25(11)15-26(12,16-25)30-18(4)17(2)3/h19H,2,4,13-16H2,1,3,5-12H3. The Hall–Kier alpha value is -1.58. The molecule has 0 N–H and O–H groups in total. The summed E-state index contributed by atoms with van der Waals surface area (Å²) in [5.74, 6) is 0.196. The Morgan fingerprint density at radius 2 is 1.60 bits per heavy atom. The molecule has 2 aliphatic rings. The number of carbonyl (C=O) groups is 2. The van der Waals surface area contributed by atoms with Gasteiger partial charge in [0.05, 0.1) is 11.5 Å². The van der Waals surface area contributed by atoms with Gasteiger partial charge in [-0.1, -0.05) is 68.0 Å². The molecule has 2 amide bonds. The van der Waals surface area contributed by atoms with Gasteiger partial charge in [-0.3, -0.25) is 14.5 Å². The number of likely N-dealkylation sites (tertiary alicyclic amines) is 1. The Bertz CT molecular complexity index is 765. The van der Waals surface area contributed by atoms with E-state index in [1.54, 1.807) is 4.90 Å². The first-order chi connectivity index (χ1) is 13.4. The minimum absolute atomic E-state index is 0.0201. The van der Waals surface area contributed by atoms with Gasteiger partial charge in [0.1, 0.15) is 11.4 Å². The molecule has 0 bridgehead atoms. The molecule has 4 nitrogen and oxygen atoms in total. The summed E-state index contributed by atoms with van der Waals surface area (Å²) in [6.45, 7) is 29.2. The highest BCUT2D eigenvalue weighted by molar-refractivity contribution is 6.05. The molecule has 0 aromatic heterocycles. The molecular formula is C26H43NO3. The summed E-state index contributed by atoms with van der Waals surface area (Å²) in [5, 5.41) is 0. The number of rotatable bonds is 8. The van der Waals surface area contributed by atoms with Crippen LogP contribution < -0.4 is 0 Å². The molecule has 0 aromatic carbocycles. The first kappa shape index (κ1) is 24.7. The molecule has 1 saturated carbocycles. The molecule has 2 fully saturated rings. The van der Waals surface area contributed by atoms with E-state index in [0.717, 1.165) is 12.0 Å². The van der Waals surface area contributed by atoms with Crippen molar-refractivity contribution >= 4 is 11.8 Å². The van der Waals surface area contributed by atoms with Crippen LogP contribution in [-0.4, -0.2) is 27.9 Å². The molecule has 1 saturated heterocycles. The van der Waals surface area contributed by atoms with Crippen LogP contribution in [0.4, 0.5) is 0 Å². The Morgan fingerprint density at radius 3 is 2.03 bits per heavy atom. The second-order valence-corrected chi connectivity index (χ2v) is 12.0. The molecule has 0 spiro atoms. The topological polar surface area (TPSA) is 46.6 Å². The van der Waals surface area contributed by atoms with Gasteiger partial charge in [-0.15, -0.1) is 0 Å². The molecule has 30 heavy (non-hydrogen) atoms. The van der Waals surface area contributed by atoms with Crippen LogP contribution in [0.25, 0.3) is 0 Å². The van der Waals surface area contributed by atoms with Gasteiger partial charge < -0.3 is 4.74 Å². The third-order valence-corrected chi connectivity index (χ3v) is 9.10. The van der Waals surface area contributed by atoms with Gasteiger partial charge in [0.15, 0.2) is 0 Å². The van der Waals surface area contributed by atoms with Crippen LogP contribution >= 0.6 is 0 Å². The predicted octanol–water partition coefficient (Wildman–Crippen LogP) is 6.27. The third-order valence-electron chi connectivity index (χ3n) is 9.10. The van der Waals surface area contributed by atoms with Crippen molar-refractivity contribution in [2.24, 2.45) is 22.2 Å². The van der Waals surface area contributed by atoms with Crippen molar-refractivity contribution in [1.82, 2.24) is 4.90 Å². The number of carbonyl (C=O) groups excluding carboxylic acids is 2. The highest BCUT2D eigenvalue weighted by Gasteiger charge is 2.63. The Morgan fingerprint density at radius 1 is 1.10 bits per heavy atom. The van der Waals surface area contributed by atoms with E-state index < -0.39 is 11.1 Å². The molecule has 170 valence electrons. The number of nitrogens with zero attached hydrogens (tertiary/aromatic N) is 1. The zero-order valence-corrected chi connectivity index (χ0v) is 21.0. The largest absolute Gasteiger partial charge is 0.488 e. The van der Waals surface area contributed by atoms with Gasteiger partial charge in [-0.05, 0) is 42.6 Å². The first-order valence-corrected chi connectivity index (χ1v) is 11.3. The third kappa shape index (κ3) is 3.65. The fraction of sp³-hybridized carbons (Fsp3) is 0.769. The number of ether oxygens (including phenoxy) is 1. The van der Waals surface area contributed by atoms with Crippen LogP contribution in [0.5, 0.6) is 0 Å². The Kier molecular flexibility index (Phi) is 5.96. The van der Waals surface area contributed by atoms with Gasteiger partial charge in [0, 0.05) is 19.3 Å². The SMILES string of the molecule is C=C(C)C(=C)OC1(C)CC(C)(N2C(=O)CC(C(C)(C)C(C)(C)C(C)(C)CC)C2=O)C1. The van der Waals surface area contributed by atoms with Gasteiger partial charge in [-0.25, -0.2) is 0 Å². The van der Waals surface area contributed by atoms with E-state index in [0.29, 0.717) is 25.0 Å². The lowest BCUT2D eigenvalue weighted by Gasteiger charge is -2.56. The van der Waals surface area contributed by atoms with Crippen molar-refractivity contribution in [3.05, 3.63) is 24.5 Å². The van der Waals surface area contributed by atoms with Crippen LogP contribution in [0.1, 0.15) is 94.9 Å². The number of amides is 2. The average molecular weight is 418 g/mol. The maximum absolute atomic E-state index is 13.6. The van der Waals surface area contributed by atoms with Crippen LogP contribution in [0.3, 0.4) is 0 Å². The lowest BCUT2D eigenvalue weighted by Crippen LogP contribution is -2.65. The second-order valence-electron chi connectivity index (χ2n) is 12.0. The lowest BCUT2D eigenvalue weighted by atomic mass is 9.50. The summed E-state index contributed by atoms with van der Waals surface area (Å²) in [6.07, 6.45) is 2.53. The summed E-state index contributed by atoms with van der Waals surface area (Å²) in [5.41, 5.74) is -0.537. The van der Waals surface area contributed by atoms with Gasteiger partial charge >= 0.3 is 0 Å². The molecule has 1 unspecified atom stereocenters. The monoisotopic (exact) mass is 417 g/mol. The zero-order chi connectivity index (χ0) is 23.5. The van der Waals surface area contributed by atoms with Crippen molar-refractivity contribution in [3.63, 3.8) is 0 Å². The van der Waals surface area contributed by atoms with Gasteiger partial charge in [-0.2, -0.15) is 0 Å². The number of allylic oxidation sites excluding steroid dienone is 1. The van der Waals surface area contributed by atoms with Crippen LogP contribution in [0.15, 0.2) is 24.5 Å². The van der Waals surface area contributed by atoms with E-state index in [2.05, 4.69) is 61.6 Å². The molecule has 1 aliphatic carbocycles. The highest BCUT2D eigenvalue weighted by Crippen LogP contribution is 2.59. The van der Waals surface area contributed by atoms with Crippen molar-refractivity contribution in [2.75, 3.05) is 0 Å². The quantitative estimate of drug-likeness (QED) is 0.266. The van der Waals surface area contributed by atoms with E-state index >= 15 is 0 Å². The fourth-order valence-corrected chi connectivity index (χ4v) is 5.69. The summed E-state index contributed by atoms with van der Waals surface area (Å²) in [7, 11) is 0. The molecule has 4 heteroatoms. The van der Waals surface area contributed by atoms with Crippen LogP contribution in [0, 0.1) is 22.2 Å². The minimum atomic E-state index is -0.506. The Balaban J connectivity index is 2.25. The second kappa shape index (κ2) is 7.24. The van der Waals surface area contributed by atoms with Crippen molar-refractivity contribution < 1.29 is 14.3 Å². The highest BCUT2D eigenvalue weighted by atomic mass is 16.5. The Labute approximate surface area is 184 Å². The van der Waals surface area contributed by atoms with E-state index in [-0.39, 0.29) is 34.0 Å². The van der Waals surface area contributed by atoms with Crippen LogP contribution in [0.2, 0.25) is 0 Å². The predicted molar refractivity (Wildman–Crippen MR) is 123 cm³/mol. The van der Waals surface area contributed by atoms with Gasteiger partial charge in [0.2, 0.25) is 11.8 Å². The van der Waals surface area contributed by atoms with Gasteiger partial charge in [0.25, 0.3) is 0 Å². The van der Waals surface area contributed by atoms with E-state index in [9.17, 15) is 9.59 Å². The molecule has 1 atom stereocenters. The fourth-order valence-electron chi connectivity index (χ4n) is 5.69. The smallest absolute Gasteiger partial charge is 0.233 e. The summed E-state index contributed by atoms with van der Waals surface area (Å²) < 4.78 is 6.03. The molecular weight excluding hydrogens is 374 g/mol. The van der Waals surface area contributed by atoms with Crippen molar-refractivity contribution in [1.29, 1.82) is 0 Å². The average Bonchev–Trinajstić information content (AvgIpc) is 2.88. The summed E-state index contributed by atoms with van der Waals surface area (Å²) >= 11 is 0. The number of hydrogen-bond donors (Lipinski definition) is 0. The normalized spacial score (nSPS) is 30.3. The lowest BCUT2D eigenvalue weighted by molar-refractivity contribution is -0.171. The van der Waals surface area contributed by atoms with Crippen LogP contribution in [-0.2, 0) is 14.3 Å². The molecule has 0 radical (unpaired) electrons. The first-order valence-electron chi connectivity index (χ1n) is 11.3.